The van der Waals surface area contributed by atoms with Crippen molar-refractivity contribution < 1.29 is 4.79 Å². The molecule has 0 fully saturated rings. The normalized spacial score (nSPS) is 11.5. The standard InChI is InChI=1S/C16H26N2O/c1-11-7-12(2)15(13(3)8-11)16(4,5)10-18-14(19)9-17-6/h7-8,17H,9-10H2,1-6H3,(H,18,19). The van der Waals surface area contributed by atoms with Crippen molar-refractivity contribution >= 4 is 5.91 Å². The van der Waals surface area contributed by atoms with Gasteiger partial charge in [0, 0.05) is 12.0 Å². The Morgan fingerprint density at radius 1 is 1.16 bits per heavy atom. The SMILES string of the molecule is CNCC(=O)NCC(C)(C)c1c(C)cc(C)cc1C. The Morgan fingerprint density at radius 2 is 1.68 bits per heavy atom. The van der Waals surface area contributed by atoms with E-state index in [9.17, 15) is 4.79 Å². The Kier molecular flexibility index (Phi) is 5.12. The average Bonchev–Trinajstić information content (AvgIpc) is 2.25. The second kappa shape index (κ2) is 6.20. The van der Waals surface area contributed by atoms with Gasteiger partial charge in [-0.25, -0.2) is 0 Å². The zero-order valence-corrected chi connectivity index (χ0v) is 13.0. The second-order valence-corrected chi connectivity index (χ2v) is 5.96. The van der Waals surface area contributed by atoms with Gasteiger partial charge in [-0.3, -0.25) is 4.79 Å². The monoisotopic (exact) mass is 262 g/mol. The predicted molar refractivity (Wildman–Crippen MR) is 80.6 cm³/mol. The fourth-order valence-corrected chi connectivity index (χ4v) is 2.88. The maximum Gasteiger partial charge on any atom is 0.233 e. The van der Waals surface area contributed by atoms with E-state index in [-0.39, 0.29) is 11.3 Å². The highest BCUT2D eigenvalue weighted by Crippen LogP contribution is 2.29. The minimum absolute atomic E-state index is 0.0398. The first-order valence-corrected chi connectivity index (χ1v) is 6.77. The number of likely N-dealkylation sites (N-methyl/N-ethyl adjacent to an activating group) is 1. The van der Waals surface area contributed by atoms with Crippen molar-refractivity contribution in [1.29, 1.82) is 0 Å². The molecule has 2 N–H and O–H groups in total. The third kappa shape index (κ3) is 4.06. The van der Waals surface area contributed by atoms with Crippen molar-refractivity contribution in [2.75, 3.05) is 20.1 Å². The second-order valence-electron chi connectivity index (χ2n) is 5.96. The van der Waals surface area contributed by atoms with E-state index < -0.39 is 0 Å². The van der Waals surface area contributed by atoms with Gasteiger partial charge in [0.1, 0.15) is 0 Å². The van der Waals surface area contributed by atoms with Gasteiger partial charge in [-0.05, 0) is 44.5 Å². The van der Waals surface area contributed by atoms with Crippen LogP contribution in [0.3, 0.4) is 0 Å². The van der Waals surface area contributed by atoms with Crippen LogP contribution in [-0.4, -0.2) is 26.0 Å². The van der Waals surface area contributed by atoms with Crippen molar-refractivity contribution in [3.8, 4) is 0 Å². The minimum atomic E-state index is -0.0642. The van der Waals surface area contributed by atoms with E-state index in [1.165, 1.54) is 22.3 Å². The molecule has 0 saturated heterocycles. The summed E-state index contributed by atoms with van der Waals surface area (Å²) < 4.78 is 0. The predicted octanol–water partition coefficient (Wildman–Crippen LogP) is 2.23. The molecule has 0 bridgehead atoms. The lowest BCUT2D eigenvalue weighted by Crippen LogP contribution is -2.40. The molecule has 0 aliphatic carbocycles. The summed E-state index contributed by atoms with van der Waals surface area (Å²) in [4.78, 5) is 11.6. The number of carbonyl (C=O) groups excluding carboxylic acids is 1. The van der Waals surface area contributed by atoms with Crippen LogP contribution >= 0.6 is 0 Å². The van der Waals surface area contributed by atoms with Crippen LogP contribution in [0, 0.1) is 20.8 Å². The average molecular weight is 262 g/mol. The van der Waals surface area contributed by atoms with Gasteiger partial charge in [0.05, 0.1) is 6.54 Å². The Balaban J connectivity index is 2.91. The molecule has 0 saturated carbocycles. The molecule has 0 heterocycles. The molecule has 0 aliphatic heterocycles. The van der Waals surface area contributed by atoms with Crippen LogP contribution < -0.4 is 10.6 Å². The largest absolute Gasteiger partial charge is 0.354 e. The molecule has 1 aromatic rings. The van der Waals surface area contributed by atoms with Crippen LogP contribution in [0.25, 0.3) is 0 Å². The molecule has 19 heavy (non-hydrogen) atoms. The number of nitrogens with one attached hydrogen (secondary N) is 2. The van der Waals surface area contributed by atoms with Gasteiger partial charge in [0.2, 0.25) is 5.91 Å². The summed E-state index contributed by atoms with van der Waals surface area (Å²) in [5.74, 6) is 0.0398. The highest BCUT2D eigenvalue weighted by atomic mass is 16.1. The van der Waals surface area contributed by atoms with Crippen LogP contribution in [0.2, 0.25) is 0 Å². The number of carbonyl (C=O) groups is 1. The summed E-state index contributed by atoms with van der Waals surface area (Å²) in [7, 11) is 1.78. The Bertz CT molecular complexity index is 441. The Labute approximate surface area is 116 Å². The molecule has 1 rings (SSSR count). The summed E-state index contributed by atoms with van der Waals surface area (Å²) >= 11 is 0. The molecule has 3 nitrogen and oxygen atoms in total. The Hall–Kier alpha value is -1.35. The minimum Gasteiger partial charge on any atom is -0.354 e. The van der Waals surface area contributed by atoms with E-state index >= 15 is 0 Å². The van der Waals surface area contributed by atoms with Crippen LogP contribution in [0.4, 0.5) is 0 Å². The zero-order chi connectivity index (χ0) is 14.6. The molecule has 0 aliphatic rings. The van der Waals surface area contributed by atoms with E-state index in [0.29, 0.717) is 13.1 Å². The van der Waals surface area contributed by atoms with E-state index in [0.717, 1.165) is 0 Å². The summed E-state index contributed by atoms with van der Waals surface area (Å²) in [5.41, 5.74) is 5.15. The van der Waals surface area contributed by atoms with Gasteiger partial charge in [-0.15, -0.1) is 0 Å². The molecule has 3 heteroatoms. The molecule has 0 atom stereocenters. The van der Waals surface area contributed by atoms with Crippen molar-refractivity contribution in [3.63, 3.8) is 0 Å². The highest BCUT2D eigenvalue weighted by molar-refractivity contribution is 5.78. The number of rotatable bonds is 5. The van der Waals surface area contributed by atoms with Gasteiger partial charge in [-0.1, -0.05) is 31.5 Å². The maximum absolute atomic E-state index is 11.6. The third-order valence-corrected chi connectivity index (χ3v) is 3.42. The molecular weight excluding hydrogens is 236 g/mol. The summed E-state index contributed by atoms with van der Waals surface area (Å²) in [6, 6.07) is 4.42. The van der Waals surface area contributed by atoms with Crippen molar-refractivity contribution in [1.82, 2.24) is 10.6 Å². The fourth-order valence-electron chi connectivity index (χ4n) is 2.88. The van der Waals surface area contributed by atoms with Crippen LogP contribution in [0.15, 0.2) is 12.1 Å². The molecule has 106 valence electrons. The van der Waals surface area contributed by atoms with E-state index in [1.54, 1.807) is 7.05 Å². The number of hydrogen-bond acceptors (Lipinski definition) is 2. The van der Waals surface area contributed by atoms with E-state index in [4.69, 9.17) is 0 Å². The van der Waals surface area contributed by atoms with E-state index in [1.807, 2.05) is 0 Å². The molecule has 0 radical (unpaired) electrons. The lowest BCUT2D eigenvalue weighted by molar-refractivity contribution is -0.120. The van der Waals surface area contributed by atoms with Crippen LogP contribution in [-0.2, 0) is 10.2 Å². The third-order valence-electron chi connectivity index (χ3n) is 3.42. The number of amides is 1. The van der Waals surface area contributed by atoms with E-state index in [2.05, 4.69) is 57.4 Å². The topological polar surface area (TPSA) is 41.1 Å². The molecular formula is C16H26N2O. The van der Waals surface area contributed by atoms with Gasteiger partial charge in [0.25, 0.3) is 0 Å². The highest BCUT2D eigenvalue weighted by Gasteiger charge is 2.25. The Morgan fingerprint density at radius 3 is 2.16 bits per heavy atom. The number of benzene rings is 1. The lowest BCUT2D eigenvalue weighted by atomic mass is 9.78. The van der Waals surface area contributed by atoms with Gasteiger partial charge >= 0.3 is 0 Å². The fraction of sp³-hybridized carbons (Fsp3) is 0.562. The first-order chi connectivity index (χ1) is 8.77. The quantitative estimate of drug-likeness (QED) is 0.854. The van der Waals surface area contributed by atoms with Crippen molar-refractivity contribution in [2.24, 2.45) is 0 Å². The molecule has 1 amide bonds. The molecule has 0 spiro atoms. The zero-order valence-electron chi connectivity index (χ0n) is 13.0. The molecule has 0 unspecified atom stereocenters. The number of hydrogen-bond donors (Lipinski definition) is 2. The maximum atomic E-state index is 11.6. The first kappa shape index (κ1) is 15.7. The summed E-state index contributed by atoms with van der Waals surface area (Å²) in [6.07, 6.45) is 0. The molecule has 1 aromatic carbocycles. The van der Waals surface area contributed by atoms with Gasteiger partial charge in [-0.2, -0.15) is 0 Å². The smallest absolute Gasteiger partial charge is 0.233 e. The van der Waals surface area contributed by atoms with Crippen LogP contribution in [0.1, 0.15) is 36.1 Å². The summed E-state index contributed by atoms with van der Waals surface area (Å²) in [5, 5.41) is 5.85. The molecule has 0 aromatic heterocycles. The van der Waals surface area contributed by atoms with Crippen molar-refractivity contribution in [2.45, 2.75) is 40.0 Å². The van der Waals surface area contributed by atoms with Gasteiger partial charge in [0.15, 0.2) is 0 Å². The van der Waals surface area contributed by atoms with Crippen LogP contribution in [0.5, 0.6) is 0 Å². The number of aryl methyl sites for hydroxylation is 3. The van der Waals surface area contributed by atoms with Gasteiger partial charge < -0.3 is 10.6 Å². The summed E-state index contributed by atoms with van der Waals surface area (Å²) in [6.45, 7) is 11.8. The first-order valence-electron chi connectivity index (χ1n) is 6.77. The van der Waals surface area contributed by atoms with Crippen molar-refractivity contribution in [3.05, 3.63) is 34.4 Å². The lowest BCUT2D eigenvalue weighted by Gasteiger charge is -2.29.